The third-order valence-electron chi connectivity index (χ3n) is 1.74. The van der Waals surface area contributed by atoms with Crippen molar-refractivity contribution in [3.8, 4) is 0 Å². The number of rotatable bonds is 5. The molecule has 10 heteroatoms. The van der Waals surface area contributed by atoms with Crippen molar-refractivity contribution in [3.05, 3.63) is 20.8 Å². The molecular formula is C9H6BrN3O3S3. The number of anilines is 1. The van der Waals surface area contributed by atoms with Crippen LogP contribution in [0, 0.1) is 0 Å². The van der Waals surface area contributed by atoms with Crippen molar-refractivity contribution in [2.75, 3.05) is 11.1 Å². The van der Waals surface area contributed by atoms with E-state index in [1.165, 1.54) is 11.3 Å². The quantitative estimate of drug-likeness (QED) is 0.612. The molecule has 0 aliphatic rings. The monoisotopic (exact) mass is 379 g/mol. The summed E-state index contributed by atoms with van der Waals surface area (Å²) in [7, 11) is 0. The van der Waals surface area contributed by atoms with Gasteiger partial charge in [-0.15, -0.1) is 21.5 Å². The van der Waals surface area contributed by atoms with E-state index < -0.39 is 5.97 Å². The van der Waals surface area contributed by atoms with E-state index in [4.69, 9.17) is 5.11 Å². The van der Waals surface area contributed by atoms with E-state index in [1.54, 1.807) is 12.1 Å². The summed E-state index contributed by atoms with van der Waals surface area (Å²) in [6.07, 6.45) is 0. The number of amides is 1. The molecule has 2 heterocycles. The Hall–Kier alpha value is -0.970. The summed E-state index contributed by atoms with van der Waals surface area (Å²) in [4.78, 5) is 22.8. The molecule has 2 rings (SSSR count). The predicted molar refractivity (Wildman–Crippen MR) is 78.2 cm³/mol. The van der Waals surface area contributed by atoms with E-state index in [0.717, 1.165) is 26.9 Å². The zero-order valence-electron chi connectivity index (χ0n) is 9.12. The average Bonchev–Trinajstić information content (AvgIpc) is 2.95. The Labute approximate surface area is 128 Å². The van der Waals surface area contributed by atoms with Gasteiger partial charge in [0.05, 0.1) is 14.4 Å². The minimum Gasteiger partial charge on any atom is -0.481 e. The molecule has 2 aromatic heterocycles. The van der Waals surface area contributed by atoms with Crippen LogP contribution in [0.25, 0.3) is 0 Å². The van der Waals surface area contributed by atoms with Crippen molar-refractivity contribution in [2.24, 2.45) is 0 Å². The van der Waals surface area contributed by atoms with Crippen LogP contribution < -0.4 is 5.32 Å². The lowest BCUT2D eigenvalue weighted by molar-refractivity contribution is -0.133. The number of thioether (sulfide) groups is 1. The fourth-order valence-electron chi connectivity index (χ4n) is 1.04. The van der Waals surface area contributed by atoms with Gasteiger partial charge in [-0.3, -0.25) is 14.9 Å². The van der Waals surface area contributed by atoms with Crippen LogP contribution in [0.15, 0.2) is 20.3 Å². The topological polar surface area (TPSA) is 92.2 Å². The summed E-state index contributed by atoms with van der Waals surface area (Å²) in [5, 5.41) is 19.1. The van der Waals surface area contributed by atoms with Gasteiger partial charge < -0.3 is 5.11 Å². The molecule has 19 heavy (non-hydrogen) atoms. The number of carbonyl (C=O) groups excluding carboxylic acids is 1. The number of nitrogens with zero attached hydrogens (tertiary/aromatic N) is 2. The van der Waals surface area contributed by atoms with Crippen LogP contribution in [0.3, 0.4) is 0 Å². The van der Waals surface area contributed by atoms with Gasteiger partial charge in [-0.2, -0.15) is 0 Å². The van der Waals surface area contributed by atoms with Crippen molar-refractivity contribution < 1.29 is 14.7 Å². The van der Waals surface area contributed by atoms with E-state index in [9.17, 15) is 9.59 Å². The Morgan fingerprint density at radius 1 is 1.37 bits per heavy atom. The molecule has 0 saturated carbocycles. The molecule has 2 N–H and O–H groups in total. The first kappa shape index (κ1) is 14.4. The molecule has 0 aromatic carbocycles. The van der Waals surface area contributed by atoms with Crippen LogP contribution in [-0.4, -0.2) is 32.9 Å². The highest BCUT2D eigenvalue weighted by molar-refractivity contribution is 9.11. The maximum atomic E-state index is 11.8. The molecule has 0 aliphatic heterocycles. The lowest BCUT2D eigenvalue weighted by atomic mass is 10.4. The van der Waals surface area contributed by atoms with E-state index in [1.807, 2.05) is 0 Å². The van der Waals surface area contributed by atoms with Crippen LogP contribution in [0.1, 0.15) is 9.67 Å². The third kappa shape index (κ3) is 4.27. The van der Waals surface area contributed by atoms with Crippen molar-refractivity contribution in [1.82, 2.24) is 10.2 Å². The fraction of sp³-hybridized carbons (Fsp3) is 0.111. The lowest BCUT2D eigenvalue weighted by Gasteiger charge is -1.96. The van der Waals surface area contributed by atoms with Crippen LogP contribution >= 0.6 is 50.4 Å². The molecule has 6 nitrogen and oxygen atoms in total. The number of halogens is 1. The summed E-state index contributed by atoms with van der Waals surface area (Å²) in [5.74, 6) is -1.27. The maximum absolute atomic E-state index is 11.8. The minimum atomic E-state index is -0.922. The Balaban J connectivity index is 1.96. The SMILES string of the molecule is O=C(O)CSc1nnc(NC(=O)c2ccc(Br)s2)s1. The van der Waals surface area contributed by atoms with Gasteiger partial charge in [0, 0.05) is 0 Å². The summed E-state index contributed by atoms with van der Waals surface area (Å²) in [6.45, 7) is 0. The highest BCUT2D eigenvalue weighted by atomic mass is 79.9. The number of aromatic nitrogens is 2. The van der Waals surface area contributed by atoms with Gasteiger partial charge in [0.15, 0.2) is 4.34 Å². The first-order valence-electron chi connectivity index (χ1n) is 4.79. The largest absolute Gasteiger partial charge is 0.481 e. The Morgan fingerprint density at radius 2 is 2.16 bits per heavy atom. The standard InChI is InChI=1S/C9H6BrN3O3S3/c10-5-2-1-4(18-5)7(16)11-8-12-13-9(19-8)17-3-6(14)15/h1-2H,3H2,(H,14,15)(H,11,12,16). The van der Waals surface area contributed by atoms with Gasteiger partial charge in [0.2, 0.25) is 5.13 Å². The van der Waals surface area contributed by atoms with Crippen LogP contribution in [-0.2, 0) is 4.79 Å². The molecule has 0 aliphatic carbocycles. The molecule has 0 atom stereocenters. The second-order valence-corrected chi connectivity index (χ2v) is 7.78. The smallest absolute Gasteiger partial charge is 0.313 e. The van der Waals surface area contributed by atoms with Gasteiger partial charge in [-0.1, -0.05) is 23.1 Å². The predicted octanol–water partition coefficient (Wildman–Crippen LogP) is 2.79. The van der Waals surface area contributed by atoms with Gasteiger partial charge in [-0.25, -0.2) is 0 Å². The molecule has 0 spiro atoms. The molecular weight excluding hydrogens is 374 g/mol. The van der Waals surface area contributed by atoms with Crippen LogP contribution in [0.4, 0.5) is 5.13 Å². The first-order chi connectivity index (χ1) is 9.04. The normalized spacial score (nSPS) is 10.4. The summed E-state index contributed by atoms with van der Waals surface area (Å²) < 4.78 is 1.37. The lowest BCUT2D eigenvalue weighted by Crippen LogP contribution is -2.09. The second kappa shape index (κ2) is 6.46. The zero-order valence-corrected chi connectivity index (χ0v) is 13.2. The van der Waals surface area contributed by atoms with Crippen molar-refractivity contribution in [3.63, 3.8) is 0 Å². The summed E-state index contributed by atoms with van der Waals surface area (Å²) >= 11 is 6.80. The van der Waals surface area contributed by atoms with E-state index in [-0.39, 0.29) is 11.7 Å². The van der Waals surface area contributed by atoms with E-state index >= 15 is 0 Å². The summed E-state index contributed by atoms with van der Waals surface area (Å²) in [6, 6.07) is 3.49. The molecule has 0 unspecified atom stereocenters. The Bertz CT molecular complexity index is 613. The van der Waals surface area contributed by atoms with Gasteiger partial charge in [-0.05, 0) is 28.1 Å². The molecule has 2 aromatic rings. The highest BCUT2D eigenvalue weighted by Crippen LogP contribution is 2.27. The summed E-state index contributed by atoms with van der Waals surface area (Å²) in [5.41, 5.74) is 0. The third-order valence-corrected chi connectivity index (χ3v) is 5.32. The number of aliphatic carboxylic acids is 1. The van der Waals surface area contributed by atoms with Gasteiger partial charge in [0.1, 0.15) is 0 Å². The number of thiophene rings is 1. The molecule has 100 valence electrons. The Kier molecular flexibility index (Phi) is 4.91. The van der Waals surface area contributed by atoms with Crippen molar-refractivity contribution in [1.29, 1.82) is 0 Å². The first-order valence-corrected chi connectivity index (χ1v) is 8.20. The molecule has 0 radical (unpaired) electrons. The molecule has 0 saturated heterocycles. The molecule has 1 amide bonds. The zero-order chi connectivity index (χ0) is 13.8. The minimum absolute atomic E-state index is 0.0829. The van der Waals surface area contributed by atoms with Gasteiger partial charge >= 0.3 is 5.97 Å². The van der Waals surface area contributed by atoms with Crippen LogP contribution in [0.5, 0.6) is 0 Å². The highest BCUT2D eigenvalue weighted by Gasteiger charge is 2.12. The van der Waals surface area contributed by atoms with E-state index in [2.05, 4.69) is 31.4 Å². The number of hydrogen-bond acceptors (Lipinski definition) is 7. The fourth-order valence-corrected chi connectivity index (χ4v) is 3.79. The number of carbonyl (C=O) groups is 2. The number of nitrogens with one attached hydrogen (secondary N) is 1. The van der Waals surface area contributed by atoms with Crippen LogP contribution in [0.2, 0.25) is 0 Å². The maximum Gasteiger partial charge on any atom is 0.313 e. The number of carboxylic acid groups (broad SMARTS) is 1. The van der Waals surface area contributed by atoms with E-state index in [0.29, 0.717) is 14.3 Å². The number of carboxylic acids is 1. The molecule has 0 bridgehead atoms. The molecule has 0 fully saturated rings. The van der Waals surface area contributed by atoms with Gasteiger partial charge in [0.25, 0.3) is 5.91 Å². The van der Waals surface area contributed by atoms with Crippen molar-refractivity contribution >= 4 is 67.4 Å². The Morgan fingerprint density at radius 3 is 2.79 bits per heavy atom. The second-order valence-electron chi connectivity index (χ2n) is 3.11. The average molecular weight is 380 g/mol. The van der Waals surface area contributed by atoms with Crippen molar-refractivity contribution in [2.45, 2.75) is 4.34 Å². The number of hydrogen-bond donors (Lipinski definition) is 2.